The highest BCUT2D eigenvalue weighted by atomic mass is 32.1. The fourth-order valence-corrected chi connectivity index (χ4v) is 2.32. The summed E-state index contributed by atoms with van der Waals surface area (Å²) in [6.07, 6.45) is -0.365. The van der Waals surface area contributed by atoms with E-state index in [2.05, 4.69) is 9.88 Å². The summed E-state index contributed by atoms with van der Waals surface area (Å²) < 4.78 is 10.7. The number of hydrogen-bond acceptors (Lipinski definition) is 6. The minimum absolute atomic E-state index is 0.365. The van der Waals surface area contributed by atoms with Crippen LogP contribution in [0.5, 0.6) is 0 Å². The molecule has 98 valence electrons. The van der Waals surface area contributed by atoms with Gasteiger partial charge in [-0.25, -0.2) is 4.98 Å². The zero-order valence-electron chi connectivity index (χ0n) is 10.8. The molecule has 0 saturated heterocycles. The van der Waals surface area contributed by atoms with Crippen LogP contribution in [-0.2, 0) is 16.0 Å². The summed E-state index contributed by atoms with van der Waals surface area (Å²) in [4.78, 5) is 6.38. The Morgan fingerprint density at radius 1 is 1.53 bits per heavy atom. The van der Waals surface area contributed by atoms with E-state index >= 15 is 0 Å². The molecule has 0 radical (unpaired) electrons. The highest BCUT2D eigenvalue weighted by molar-refractivity contribution is 7.07. The van der Waals surface area contributed by atoms with Crippen molar-refractivity contribution in [3.8, 4) is 0 Å². The van der Waals surface area contributed by atoms with E-state index in [9.17, 15) is 0 Å². The number of likely N-dealkylation sites (N-methyl/N-ethyl adjacent to an activating group) is 1. The van der Waals surface area contributed by atoms with Gasteiger partial charge in [-0.3, -0.25) is 4.90 Å². The quantitative estimate of drug-likeness (QED) is 0.738. The second-order valence-electron chi connectivity index (χ2n) is 4.20. The number of rotatable bonds is 7. The monoisotopic (exact) mass is 259 g/mol. The zero-order valence-corrected chi connectivity index (χ0v) is 11.7. The Kier molecular flexibility index (Phi) is 5.48. The van der Waals surface area contributed by atoms with Crippen molar-refractivity contribution >= 4 is 11.3 Å². The number of thiazole rings is 1. The predicted octanol–water partition coefficient (Wildman–Crippen LogP) is 0.911. The van der Waals surface area contributed by atoms with E-state index in [1.165, 1.54) is 0 Å². The smallest absolute Gasteiger partial charge is 0.176 e. The van der Waals surface area contributed by atoms with Crippen LogP contribution in [0, 0.1) is 0 Å². The average molecular weight is 259 g/mol. The molecule has 1 aromatic heterocycles. The van der Waals surface area contributed by atoms with E-state index in [0.29, 0.717) is 6.54 Å². The predicted molar refractivity (Wildman–Crippen MR) is 68.8 cm³/mol. The standard InChI is InChI=1S/C11H21N3O2S/c1-11(7-12,10(15-3)16-4)14(2)5-9-6-17-8-13-9/h6,8,10H,5,7,12H2,1-4H3. The summed E-state index contributed by atoms with van der Waals surface area (Å²) in [5.41, 5.74) is 8.34. The van der Waals surface area contributed by atoms with Gasteiger partial charge in [-0.1, -0.05) is 0 Å². The third kappa shape index (κ3) is 3.23. The fourth-order valence-electron chi connectivity index (χ4n) is 1.78. The van der Waals surface area contributed by atoms with Gasteiger partial charge in [0, 0.05) is 32.7 Å². The Morgan fingerprint density at radius 3 is 2.59 bits per heavy atom. The van der Waals surface area contributed by atoms with Crippen LogP contribution in [0.4, 0.5) is 0 Å². The van der Waals surface area contributed by atoms with Crippen LogP contribution in [0.1, 0.15) is 12.6 Å². The maximum atomic E-state index is 5.87. The largest absolute Gasteiger partial charge is 0.354 e. The van der Waals surface area contributed by atoms with E-state index in [0.717, 1.165) is 12.2 Å². The Labute approximate surface area is 107 Å². The minimum Gasteiger partial charge on any atom is -0.354 e. The van der Waals surface area contributed by atoms with E-state index < -0.39 is 0 Å². The van der Waals surface area contributed by atoms with Gasteiger partial charge < -0.3 is 15.2 Å². The van der Waals surface area contributed by atoms with Gasteiger partial charge in [-0.15, -0.1) is 11.3 Å². The number of aromatic nitrogens is 1. The van der Waals surface area contributed by atoms with Crippen LogP contribution in [0.3, 0.4) is 0 Å². The van der Waals surface area contributed by atoms with Crippen molar-refractivity contribution < 1.29 is 9.47 Å². The van der Waals surface area contributed by atoms with Crippen LogP contribution in [-0.4, -0.2) is 49.5 Å². The number of nitrogens with two attached hydrogens (primary N) is 1. The van der Waals surface area contributed by atoms with Crippen LogP contribution in [0.15, 0.2) is 10.9 Å². The number of nitrogens with zero attached hydrogens (tertiary/aromatic N) is 2. The van der Waals surface area contributed by atoms with Gasteiger partial charge in [0.15, 0.2) is 6.29 Å². The molecule has 0 aromatic carbocycles. The first-order valence-electron chi connectivity index (χ1n) is 5.42. The van der Waals surface area contributed by atoms with E-state index in [4.69, 9.17) is 15.2 Å². The number of ether oxygens (including phenoxy) is 2. The Hall–Kier alpha value is -0.530. The average Bonchev–Trinajstić information content (AvgIpc) is 2.82. The van der Waals surface area contributed by atoms with Gasteiger partial charge in [0.05, 0.1) is 16.7 Å². The second-order valence-corrected chi connectivity index (χ2v) is 4.92. The molecule has 0 spiro atoms. The van der Waals surface area contributed by atoms with Gasteiger partial charge in [0.25, 0.3) is 0 Å². The molecular formula is C11H21N3O2S. The second kappa shape index (κ2) is 6.42. The van der Waals surface area contributed by atoms with Crippen LogP contribution < -0.4 is 5.73 Å². The molecular weight excluding hydrogens is 238 g/mol. The fraction of sp³-hybridized carbons (Fsp3) is 0.727. The molecule has 17 heavy (non-hydrogen) atoms. The molecule has 1 atom stereocenters. The third-order valence-corrected chi connectivity index (χ3v) is 3.74. The van der Waals surface area contributed by atoms with E-state index in [-0.39, 0.29) is 11.8 Å². The highest BCUT2D eigenvalue weighted by Crippen LogP contribution is 2.22. The molecule has 1 aromatic rings. The van der Waals surface area contributed by atoms with Crippen molar-refractivity contribution in [3.63, 3.8) is 0 Å². The molecule has 0 aliphatic carbocycles. The summed E-state index contributed by atoms with van der Waals surface area (Å²) in [6.45, 7) is 3.19. The van der Waals surface area contributed by atoms with Crippen molar-refractivity contribution in [3.05, 3.63) is 16.6 Å². The maximum Gasteiger partial charge on any atom is 0.176 e. The van der Waals surface area contributed by atoms with E-state index in [1.54, 1.807) is 25.6 Å². The lowest BCUT2D eigenvalue weighted by molar-refractivity contribution is -0.178. The zero-order chi connectivity index (χ0) is 12.9. The van der Waals surface area contributed by atoms with Gasteiger partial charge in [-0.2, -0.15) is 0 Å². The lowest BCUT2D eigenvalue weighted by atomic mass is 9.99. The van der Waals surface area contributed by atoms with Crippen molar-refractivity contribution in [1.82, 2.24) is 9.88 Å². The molecule has 0 aliphatic rings. The summed E-state index contributed by atoms with van der Waals surface area (Å²) in [5, 5.41) is 2.03. The number of methoxy groups -OCH3 is 2. The summed E-state index contributed by atoms with van der Waals surface area (Å²) >= 11 is 1.59. The summed E-state index contributed by atoms with van der Waals surface area (Å²) in [7, 11) is 5.24. The molecule has 6 heteroatoms. The van der Waals surface area contributed by atoms with Crippen molar-refractivity contribution in [1.29, 1.82) is 0 Å². The maximum absolute atomic E-state index is 5.87. The van der Waals surface area contributed by atoms with Gasteiger partial charge in [0.2, 0.25) is 0 Å². The van der Waals surface area contributed by atoms with Crippen molar-refractivity contribution in [2.45, 2.75) is 25.3 Å². The molecule has 0 amide bonds. The summed E-state index contributed by atoms with van der Waals surface area (Å²) in [5.74, 6) is 0. The van der Waals surface area contributed by atoms with E-state index in [1.807, 2.05) is 24.9 Å². The Bertz CT molecular complexity index is 317. The normalized spacial score (nSPS) is 15.5. The lowest BCUT2D eigenvalue weighted by Gasteiger charge is -2.41. The lowest BCUT2D eigenvalue weighted by Crippen LogP contribution is -2.58. The first-order valence-corrected chi connectivity index (χ1v) is 6.36. The molecule has 5 nitrogen and oxygen atoms in total. The SMILES string of the molecule is COC(OC)C(C)(CN)N(C)Cc1cscn1. The van der Waals surface area contributed by atoms with Crippen LogP contribution >= 0.6 is 11.3 Å². The Morgan fingerprint density at radius 2 is 2.18 bits per heavy atom. The van der Waals surface area contributed by atoms with Gasteiger partial charge in [0.1, 0.15) is 0 Å². The highest BCUT2D eigenvalue weighted by Gasteiger charge is 2.37. The minimum atomic E-state index is -0.382. The molecule has 0 saturated carbocycles. The number of hydrogen-bond donors (Lipinski definition) is 1. The molecule has 2 N–H and O–H groups in total. The molecule has 0 fully saturated rings. The topological polar surface area (TPSA) is 60.6 Å². The molecule has 1 rings (SSSR count). The molecule has 0 aliphatic heterocycles. The molecule has 1 unspecified atom stereocenters. The molecule has 0 bridgehead atoms. The van der Waals surface area contributed by atoms with Crippen molar-refractivity contribution in [2.75, 3.05) is 27.8 Å². The Balaban J connectivity index is 2.77. The first-order chi connectivity index (χ1) is 8.08. The third-order valence-electron chi connectivity index (χ3n) is 3.10. The van der Waals surface area contributed by atoms with Crippen molar-refractivity contribution in [2.24, 2.45) is 5.73 Å². The first kappa shape index (κ1) is 14.5. The van der Waals surface area contributed by atoms with Gasteiger partial charge >= 0.3 is 0 Å². The van der Waals surface area contributed by atoms with Crippen LogP contribution in [0.25, 0.3) is 0 Å². The summed E-state index contributed by atoms with van der Waals surface area (Å²) in [6, 6.07) is 0. The molecule has 1 heterocycles. The van der Waals surface area contributed by atoms with Gasteiger partial charge in [-0.05, 0) is 14.0 Å². The van der Waals surface area contributed by atoms with Crippen LogP contribution in [0.2, 0.25) is 0 Å².